The molecule has 19 heavy (non-hydrogen) atoms. The van der Waals surface area contributed by atoms with Gasteiger partial charge in [0.2, 0.25) is 0 Å². The van der Waals surface area contributed by atoms with Crippen molar-refractivity contribution in [2.24, 2.45) is 5.73 Å². The average molecular weight is 359 g/mol. The Morgan fingerprint density at radius 1 is 1.21 bits per heavy atom. The molecule has 0 aliphatic carbocycles. The zero-order chi connectivity index (χ0) is 13.8. The van der Waals surface area contributed by atoms with E-state index in [1.165, 1.54) is 11.8 Å². The van der Waals surface area contributed by atoms with Crippen molar-refractivity contribution in [1.82, 2.24) is 0 Å². The van der Waals surface area contributed by atoms with E-state index in [9.17, 15) is 5.11 Å². The molecule has 0 saturated carbocycles. The summed E-state index contributed by atoms with van der Waals surface area (Å²) in [4.78, 5) is 1.92. The van der Waals surface area contributed by atoms with Gasteiger partial charge in [-0.2, -0.15) is 0 Å². The third kappa shape index (κ3) is 3.52. The summed E-state index contributed by atoms with van der Waals surface area (Å²) in [5, 5.41) is 10.1. The van der Waals surface area contributed by atoms with Gasteiger partial charge in [0.05, 0.1) is 11.6 Å². The van der Waals surface area contributed by atoms with E-state index >= 15 is 0 Å². The van der Waals surface area contributed by atoms with E-state index in [1.54, 1.807) is 0 Å². The van der Waals surface area contributed by atoms with Crippen LogP contribution in [0.2, 0.25) is 5.02 Å². The minimum absolute atomic E-state index is 0.00196. The fourth-order valence-corrected chi connectivity index (χ4v) is 3.63. The van der Waals surface area contributed by atoms with Crippen molar-refractivity contribution in [2.75, 3.05) is 0 Å². The van der Waals surface area contributed by atoms with Crippen LogP contribution >= 0.6 is 39.3 Å². The van der Waals surface area contributed by atoms with Crippen LogP contribution in [0.4, 0.5) is 0 Å². The predicted molar refractivity (Wildman–Crippen MR) is 83.5 cm³/mol. The lowest BCUT2D eigenvalue weighted by molar-refractivity contribution is 0.279. The summed E-state index contributed by atoms with van der Waals surface area (Å²) in [7, 11) is 0. The average Bonchev–Trinajstić information content (AvgIpc) is 2.41. The number of nitrogens with two attached hydrogens (primary N) is 1. The van der Waals surface area contributed by atoms with Crippen molar-refractivity contribution in [3.8, 4) is 0 Å². The first-order valence-electron chi connectivity index (χ1n) is 5.70. The van der Waals surface area contributed by atoms with Crippen molar-refractivity contribution in [2.45, 2.75) is 22.9 Å². The van der Waals surface area contributed by atoms with Crippen LogP contribution in [0.3, 0.4) is 0 Å². The molecule has 0 heterocycles. The number of rotatable bonds is 4. The summed E-state index contributed by atoms with van der Waals surface area (Å²) in [6.45, 7) is 0.434. The molecule has 2 rings (SSSR count). The summed E-state index contributed by atoms with van der Waals surface area (Å²) in [5.74, 6) is 0. The number of aliphatic hydroxyl groups excluding tert-OH is 1. The lowest BCUT2D eigenvalue weighted by atomic mass is 10.2. The summed E-state index contributed by atoms with van der Waals surface area (Å²) in [6, 6.07) is 11.5. The molecule has 0 spiro atoms. The molecule has 2 aromatic rings. The number of benzene rings is 2. The normalized spacial score (nSPS) is 10.7. The van der Waals surface area contributed by atoms with Gasteiger partial charge in [0, 0.05) is 20.8 Å². The van der Waals surface area contributed by atoms with Crippen LogP contribution in [0.5, 0.6) is 0 Å². The molecule has 0 aliphatic rings. The van der Waals surface area contributed by atoms with Gasteiger partial charge in [-0.05, 0) is 29.3 Å². The maximum Gasteiger partial charge on any atom is 0.0692 e. The van der Waals surface area contributed by atoms with E-state index in [0.29, 0.717) is 11.6 Å². The van der Waals surface area contributed by atoms with E-state index in [2.05, 4.69) is 15.9 Å². The molecular weight excluding hydrogens is 346 g/mol. The molecule has 5 heteroatoms. The van der Waals surface area contributed by atoms with Crippen LogP contribution in [-0.2, 0) is 13.2 Å². The first-order chi connectivity index (χ1) is 9.15. The highest BCUT2D eigenvalue weighted by atomic mass is 79.9. The molecule has 0 unspecified atom stereocenters. The standard InChI is InChI=1S/C14H13BrClNOS/c15-11-5-4-10(8-18)13(6-11)19-14-9(7-17)2-1-3-12(14)16/h1-6,18H,7-8,17H2. The quantitative estimate of drug-likeness (QED) is 0.861. The maximum atomic E-state index is 9.40. The minimum atomic E-state index is -0.00196. The highest BCUT2D eigenvalue weighted by Gasteiger charge is 2.11. The molecular formula is C14H13BrClNOS. The van der Waals surface area contributed by atoms with Crippen molar-refractivity contribution in [1.29, 1.82) is 0 Å². The fraction of sp³-hybridized carbons (Fsp3) is 0.143. The van der Waals surface area contributed by atoms with Crippen molar-refractivity contribution < 1.29 is 5.11 Å². The molecule has 0 aliphatic heterocycles. The zero-order valence-corrected chi connectivity index (χ0v) is 13.2. The van der Waals surface area contributed by atoms with Gasteiger partial charge in [-0.15, -0.1) is 0 Å². The molecule has 0 aromatic heterocycles. The smallest absolute Gasteiger partial charge is 0.0692 e. The second kappa shape index (κ2) is 6.77. The number of hydrogen-bond donors (Lipinski definition) is 2. The van der Waals surface area contributed by atoms with Gasteiger partial charge in [0.15, 0.2) is 0 Å². The van der Waals surface area contributed by atoms with Crippen molar-refractivity contribution in [3.05, 3.63) is 57.0 Å². The Morgan fingerprint density at radius 2 is 2.00 bits per heavy atom. The largest absolute Gasteiger partial charge is 0.392 e. The number of halogens is 2. The SMILES string of the molecule is NCc1cccc(Cl)c1Sc1cc(Br)ccc1CO. The first kappa shape index (κ1) is 14.9. The molecule has 0 fully saturated rings. The highest BCUT2D eigenvalue weighted by Crippen LogP contribution is 2.38. The number of aliphatic hydroxyl groups is 1. The Labute approximate surface area is 130 Å². The lowest BCUT2D eigenvalue weighted by Gasteiger charge is -2.12. The second-order valence-corrected chi connectivity index (χ2v) is 6.32. The Morgan fingerprint density at radius 3 is 2.68 bits per heavy atom. The van der Waals surface area contributed by atoms with Gasteiger partial charge in [-0.3, -0.25) is 0 Å². The van der Waals surface area contributed by atoms with Crippen LogP contribution < -0.4 is 5.73 Å². The van der Waals surface area contributed by atoms with Gasteiger partial charge in [0.1, 0.15) is 0 Å². The summed E-state index contributed by atoms with van der Waals surface area (Å²) >= 11 is 11.2. The maximum absolute atomic E-state index is 9.40. The third-order valence-corrected chi connectivity index (χ3v) is 4.89. The van der Waals surface area contributed by atoms with Crippen LogP contribution in [0.25, 0.3) is 0 Å². The fourth-order valence-electron chi connectivity index (χ4n) is 1.69. The Hall–Kier alpha value is -0.520. The van der Waals surface area contributed by atoms with Gasteiger partial charge in [0.25, 0.3) is 0 Å². The van der Waals surface area contributed by atoms with Crippen LogP contribution in [0, 0.1) is 0 Å². The third-order valence-electron chi connectivity index (χ3n) is 2.68. The van der Waals surface area contributed by atoms with E-state index in [1.807, 2.05) is 36.4 Å². The molecule has 0 atom stereocenters. The molecule has 0 amide bonds. The van der Waals surface area contributed by atoms with E-state index in [0.717, 1.165) is 25.4 Å². The molecule has 0 radical (unpaired) electrons. The van der Waals surface area contributed by atoms with E-state index < -0.39 is 0 Å². The highest BCUT2D eigenvalue weighted by molar-refractivity contribution is 9.10. The molecule has 2 nitrogen and oxygen atoms in total. The second-order valence-electron chi connectivity index (χ2n) is 3.94. The van der Waals surface area contributed by atoms with Gasteiger partial charge >= 0.3 is 0 Å². The first-order valence-corrected chi connectivity index (χ1v) is 7.69. The van der Waals surface area contributed by atoms with E-state index in [-0.39, 0.29) is 6.61 Å². The molecule has 3 N–H and O–H groups in total. The van der Waals surface area contributed by atoms with Crippen LogP contribution in [-0.4, -0.2) is 5.11 Å². The zero-order valence-electron chi connectivity index (χ0n) is 10.1. The lowest BCUT2D eigenvalue weighted by Crippen LogP contribution is -1.99. The molecule has 100 valence electrons. The van der Waals surface area contributed by atoms with Crippen molar-refractivity contribution >= 4 is 39.3 Å². The molecule has 0 bridgehead atoms. The Balaban J connectivity index is 2.44. The summed E-state index contributed by atoms with van der Waals surface area (Å²) in [5.41, 5.74) is 7.62. The van der Waals surface area contributed by atoms with Gasteiger partial charge < -0.3 is 10.8 Å². The van der Waals surface area contributed by atoms with Crippen molar-refractivity contribution in [3.63, 3.8) is 0 Å². The van der Waals surface area contributed by atoms with Crippen LogP contribution in [0.1, 0.15) is 11.1 Å². The summed E-state index contributed by atoms with van der Waals surface area (Å²) in [6.07, 6.45) is 0. The molecule has 2 aromatic carbocycles. The van der Waals surface area contributed by atoms with Gasteiger partial charge in [-0.25, -0.2) is 0 Å². The monoisotopic (exact) mass is 357 g/mol. The topological polar surface area (TPSA) is 46.2 Å². The number of hydrogen-bond acceptors (Lipinski definition) is 3. The molecule has 0 saturated heterocycles. The van der Waals surface area contributed by atoms with Gasteiger partial charge in [-0.1, -0.05) is 57.5 Å². The van der Waals surface area contributed by atoms with E-state index in [4.69, 9.17) is 17.3 Å². The Bertz CT molecular complexity index is 592. The Kier molecular flexibility index (Phi) is 5.30. The minimum Gasteiger partial charge on any atom is -0.392 e. The van der Waals surface area contributed by atoms with Crippen LogP contribution in [0.15, 0.2) is 50.7 Å². The summed E-state index contributed by atoms with van der Waals surface area (Å²) < 4.78 is 0.966. The predicted octanol–water partition coefficient (Wildman–Crippen LogP) is 4.20.